The second-order valence-electron chi connectivity index (χ2n) is 9.22. The molecule has 0 fully saturated rings. The average molecular weight is 467 g/mol. The van der Waals surface area contributed by atoms with E-state index in [2.05, 4.69) is 18.2 Å². The van der Waals surface area contributed by atoms with Gasteiger partial charge < -0.3 is 24.8 Å². The van der Waals surface area contributed by atoms with Gasteiger partial charge in [0, 0.05) is 28.8 Å². The van der Waals surface area contributed by atoms with Crippen LogP contribution in [-0.4, -0.2) is 29.5 Å². The lowest BCUT2D eigenvalue weighted by molar-refractivity contribution is 0.407. The van der Waals surface area contributed by atoms with Crippen molar-refractivity contribution in [3.63, 3.8) is 0 Å². The Bertz CT molecular complexity index is 1500. The summed E-state index contributed by atoms with van der Waals surface area (Å²) < 4.78 is 11.1. The number of ether oxygens (including phenoxy) is 2. The van der Waals surface area contributed by atoms with Gasteiger partial charge in [0.15, 0.2) is 0 Å². The van der Waals surface area contributed by atoms with Crippen molar-refractivity contribution in [1.29, 1.82) is 0 Å². The lowest BCUT2D eigenvalue weighted by Crippen LogP contribution is -2.08. The summed E-state index contributed by atoms with van der Waals surface area (Å²) in [4.78, 5) is 0. The number of rotatable bonds is 3. The lowest BCUT2D eigenvalue weighted by atomic mass is 9.79. The number of methoxy groups -OCH3 is 2. The highest BCUT2D eigenvalue weighted by atomic mass is 16.5. The van der Waals surface area contributed by atoms with Gasteiger partial charge in [0.2, 0.25) is 0 Å². The van der Waals surface area contributed by atoms with E-state index in [1.165, 1.54) is 5.56 Å². The molecule has 4 aromatic carbocycles. The highest BCUT2D eigenvalue weighted by Gasteiger charge is 2.27. The molecule has 0 atom stereocenters. The van der Waals surface area contributed by atoms with E-state index in [9.17, 15) is 15.3 Å². The molecule has 0 aromatic heterocycles. The fraction of sp³-hybridized carbons (Fsp3) is 0.200. The van der Waals surface area contributed by atoms with Crippen LogP contribution in [0, 0.1) is 0 Å². The third kappa shape index (κ3) is 3.30. The van der Waals surface area contributed by atoms with Crippen LogP contribution in [0.3, 0.4) is 0 Å². The van der Waals surface area contributed by atoms with Gasteiger partial charge in [-0.05, 0) is 82.8 Å². The van der Waals surface area contributed by atoms with Gasteiger partial charge in [-0.25, -0.2) is 0 Å². The number of hydrogen-bond donors (Lipinski definition) is 3. The lowest BCUT2D eigenvalue weighted by Gasteiger charge is -2.27. The quantitative estimate of drug-likeness (QED) is 0.344. The van der Waals surface area contributed by atoms with Gasteiger partial charge in [-0.1, -0.05) is 24.3 Å². The predicted molar refractivity (Wildman–Crippen MR) is 136 cm³/mol. The van der Waals surface area contributed by atoms with E-state index in [4.69, 9.17) is 9.47 Å². The molecule has 0 heterocycles. The van der Waals surface area contributed by atoms with Crippen molar-refractivity contribution in [1.82, 2.24) is 0 Å². The normalized spacial score (nSPS) is 13.3. The van der Waals surface area contributed by atoms with Crippen molar-refractivity contribution < 1.29 is 24.8 Å². The van der Waals surface area contributed by atoms with Crippen LogP contribution in [0.2, 0.25) is 0 Å². The molecule has 35 heavy (non-hydrogen) atoms. The molecule has 0 amide bonds. The molecule has 0 saturated heterocycles. The van der Waals surface area contributed by atoms with E-state index < -0.39 is 0 Å². The molecule has 5 heteroatoms. The minimum atomic E-state index is 0.179. The molecular weight excluding hydrogens is 440 g/mol. The summed E-state index contributed by atoms with van der Waals surface area (Å²) in [7, 11) is 3.23. The van der Waals surface area contributed by atoms with Gasteiger partial charge in [0.25, 0.3) is 0 Å². The highest BCUT2D eigenvalue weighted by Crippen LogP contribution is 2.50. The summed E-state index contributed by atoms with van der Waals surface area (Å²) in [6, 6.07) is 17.0. The number of fused-ring (bicyclic) bond motifs is 6. The first kappa shape index (κ1) is 21.4. The van der Waals surface area contributed by atoms with Crippen LogP contribution in [0.15, 0.2) is 54.6 Å². The molecule has 6 rings (SSSR count). The van der Waals surface area contributed by atoms with E-state index in [0.29, 0.717) is 11.5 Å². The van der Waals surface area contributed by atoms with Crippen LogP contribution < -0.4 is 9.47 Å². The van der Waals surface area contributed by atoms with Crippen LogP contribution in [0.5, 0.6) is 28.7 Å². The monoisotopic (exact) mass is 466 g/mol. The van der Waals surface area contributed by atoms with Crippen molar-refractivity contribution in [2.24, 2.45) is 0 Å². The molecule has 176 valence electrons. The fourth-order valence-electron chi connectivity index (χ4n) is 5.77. The molecule has 0 saturated carbocycles. The summed E-state index contributed by atoms with van der Waals surface area (Å²) in [6.45, 7) is 0. The Labute approximate surface area is 203 Å². The zero-order valence-electron chi connectivity index (χ0n) is 19.7. The van der Waals surface area contributed by atoms with E-state index >= 15 is 0 Å². The van der Waals surface area contributed by atoms with Crippen LogP contribution in [0.4, 0.5) is 0 Å². The standard InChI is InChI=1S/C30H26O5/c1-34-21-13-19-4-3-16-11-18(6-8-22(16)28(19)25(32)14-21)29-24-9-5-17-12-20(31)7-10-23(17)30(24)26(33)15-27(29)35-2/h6-8,10-15,31-33H,3-5,9H2,1-2H3. The van der Waals surface area contributed by atoms with Crippen molar-refractivity contribution in [2.45, 2.75) is 25.7 Å². The third-order valence-corrected chi connectivity index (χ3v) is 7.33. The molecular formula is C30H26O5. The maximum Gasteiger partial charge on any atom is 0.130 e. The van der Waals surface area contributed by atoms with Gasteiger partial charge >= 0.3 is 0 Å². The third-order valence-electron chi connectivity index (χ3n) is 7.33. The molecule has 0 aliphatic heterocycles. The summed E-state index contributed by atoms with van der Waals surface area (Å²) in [5.41, 5.74) is 9.96. The molecule has 3 N–H and O–H groups in total. The number of aryl methyl sites for hydroxylation is 3. The maximum atomic E-state index is 10.9. The van der Waals surface area contributed by atoms with Gasteiger partial charge in [0.05, 0.1) is 14.2 Å². The minimum Gasteiger partial charge on any atom is -0.508 e. The SMILES string of the molecule is COc1cc(O)c2c(c1)CCc1cc(-c3c(OC)cc(O)c4c3CCc3cc(O)ccc3-4)ccc1-2. The summed E-state index contributed by atoms with van der Waals surface area (Å²) >= 11 is 0. The number of phenolic OH excluding ortho intramolecular Hbond substituents is 3. The van der Waals surface area contributed by atoms with Crippen LogP contribution in [-0.2, 0) is 25.7 Å². The number of phenols is 3. The number of benzene rings is 4. The van der Waals surface area contributed by atoms with Gasteiger partial charge in [0.1, 0.15) is 28.7 Å². The van der Waals surface area contributed by atoms with Crippen molar-refractivity contribution in [3.8, 4) is 62.1 Å². The molecule has 0 unspecified atom stereocenters. The first-order chi connectivity index (χ1) is 17.0. The Kier molecular flexibility index (Phi) is 4.88. The minimum absolute atomic E-state index is 0.179. The molecule has 5 nitrogen and oxygen atoms in total. The first-order valence-electron chi connectivity index (χ1n) is 11.8. The van der Waals surface area contributed by atoms with E-state index in [1.54, 1.807) is 38.5 Å². The summed E-state index contributed by atoms with van der Waals surface area (Å²) in [5, 5.41) is 31.6. The molecule has 2 aliphatic carbocycles. The van der Waals surface area contributed by atoms with Crippen molar-refractivity contribution in [2.75, 3.05) is 14.2 Å². The smallest absolute Gasteiger partial charge is 0.130 e. The molecule has 0 radical (unpaired) electrons. The fourth-order valence-corrected chi connectivity index (χ4v) is 5.77. The Hall–Kier alpha value is -4.12. The zero-order valence-corrected chi connectivity index (χ0v) is 19.7. The molecule has 2 aliphatic rings. The average Bonchev–Trinajstić information content (AvgIpc) is 2.87. The first-order valence-corrected chi connectivity index (χ1v) is 11.8. The largest absolute Gasteiger partial charge is 0.508 e. The van der Waals surface area contributed by atoms with Crippen LogP contribution >= 0.6 is 0 Å². The Morgan fingerprint density at radius 3 is 2.09 bits per heavy atom. The maximum absolute atomic E-state index is 10.9. The molecule has 0 bridgehead atoms. The zero-order chi connectivity index (χ0) is 24.3. The summed E-state index contributed by atoms with van der Waals surface area (Å²) in [5.74, 6) is 1.93. The van der Waals surface area contributed by atoms with E-state index in [1.807, 2.05) is 12.1 Å². The van der Waals surface area contributed by atoms with Crippen molar-refractivity contribution in [3.05, 3.63) is 76.9 Å². The number of aromatic hydroxyl groups is 3. The van der Waals surface area contributed by atoms with E-state index in [-0.39, 0.29) is 17.2 Å². The van der Waals surface area contributed by atoms with Gasteiger partial charge in [-0.3, -0.25) is 0 Å². The highest BCUT2D eigenvalue weighted by molar-refractivity contribution is 5.90. The number of hydrogen-bond acceptors (Lipinski definition) is 5. The van der Waals surface area contributed by atoms with Gasteiger partial charge in [-0.2, -0.15) is 0 Å². The Morgan fingerprint density at radius 2 is 1.29 bits per heavy atom. The van der Waals surface area contributed by atoms with Crippen LogP contribution in [0.25, 0.3) is 33.4 Å². The molecule has 4 aromatic rings. The second-order valence-corrected chi connectivity index (χ2v) is 9.22. The summed E-state index contributed by atoms with van der Waals surface area (Å²) in [6.07, 6.45) is 3.17. The predicted octanol–water partition coefficient (Wildman–Crippen LogP) is 6.02. The van der Waals surface area contributed by atoms with Crippen LogP contribution in [0.1, 0.15) is 22.3 Å². The van der Waals surface area contributed by atoms with Crippen molar-refractivity contribution >= 4 is 0 Å². The Balaban J connectivity index is 1.53. The topological polar surface area (TPSA) is 79.2 Å². The van der Waals surface area contributed by atoms with E-state index in [0.717, 1.165) is 75.8 Å². The Morgan fingerprint density at radius 1 is 0.600 bits per heavy atom. The molecule has 0 spiro atoms. The second kappa shape index (κ2) is 7.98. The van der Waals surface area contributed by atoms with Gasteiger partial charge in [-0.15, -0.1) is 0 Å².